The van der Waals surface area contributed by atoms with Gasteiger partial charge in [-0.05, 0) is 118 Å². The highest BCUT2D eigenvalue weighted by molar-refractivity contribution is 7.99. The van der Waals surface area contributed by atoms with Crippen LogP contribution in [0.25, 0.3) is 16.7 Å². The molecule has 0 bridgehead atoms. The van der Waals surface area contributed by atoms with Gasteiger partial charge in [-0.1, -0.05) is 121 Å². The maximum atomic E-state index is 6.29. The van der Waals surface area contributed by atoms with Gasteiger partial charge in [-0.2, -0.15) is 0 Å². The lowest BCUT2D eigenvalue weighted by molar-refractivity contribution is 0.780. The van der Waals surface area contributed by atoms with Gasteiger partial charge < -0.3 is 16.4 Å². The maximum Gasteiger partial charge on any atom is 0.0722 e. The summed E-state index contributed by atoms with van der Waals surface area (Å²) in [4.78, 5) is 4.68. The van der Waals surface area contributed by atoms with Gasteiger partial charge in [0.1, 0.15) is 0 Å². The summed E-state index contributed by atoms with van der Waals surface area (Å²) in [5, 5.41) is 0. The van der Waals surface area contributed by atoms with E-state index in [1.54, 1.807) is 23.5 Å². The molecule has 7 aromatic carbocycles. The zero-order chi connectivity index (χ0) is 37.6. The van der Waals surface area contributed by atoms with Gasteiger partial charge in [-0.3, -0.25) is 0 Å². The molecule has 10 rings (SSSR count). The van der Waals surface area contributed by atoms with Crippen LogP contribution in [0.5, 0.6) is 0 Å². The second kappa shape index (κ2) is 14.3. The van der Waals surface area contributed by atoms with Gasteiger partial charge in [0.15, 0.2) is 0 Å². The Kier molecular flexibility index (Phi) is 8.85. The van der Waals surface area contributed by atoms with E-state index in [0.717, 1.165) is 56.9 Å². The Morgan fingerprint density at radius 3 is 1.64 bits per heavy atom. The fourth-order valence-corrected chi connectivity index (χ4v) is 10.9. The molecule has 1 unspecified atom stereocenters. The average molecular weight is 760 g/mol. The molecule has 0 fully saturated rings. The van der Waals surface area contributed by atoms with E-state index in [4.69, 9.17) is 11.5 Å². The van der Waals surface area contributed by atoms with Crippen LogP contribution in [0.2, 0.25) is 0 Å². The molecule has 0 aliphatic heterocycles. The van der Waals surface area contributed by atoms with E-state index in [-0.39, 0.29) is 5.41 Å². The second-order valence-electron chi connectivity index (χ2n) is 14.7. The number of benzene rings is 7. The van der Waals surface area contributed by atoms with Crippen LogP contribution >= 0.6 is 23.5 Å². The molecule has 1 spiro atoms. The molecule has 3 aliphatic rings. The summed E-state index contributed by atoms with van der Waals surface area (Å²) in [6.45, 7) is 0. The Labute approximate surface area is 337 Å². The number of nitrogen functional groups attached to an aromatic ring is 2. The van der Waals surface area contributed by atoms with Gasteiger partial charge in [-0.15, -0.1) is 23.5 Å². The summed E-state index contributed by atoms with van der Waals surface area (Å²) in [5.74, 6) is 1.68. The number of rotatable bonds is 9. The molecule has 0 heterocycles. The van der Waals surface area contributed by atoms with Gasteiger partial charge in [0.05, 0.1) is 11.1 Å². The first-order valence-corrected chi connectivity index (χ1v) is 21.2. The van der Waals surface area contributed by atoms with Crippen molar-refractivity contribution in [1.82, 2.24) is 0 Å². The summed E-state index contributed by atoms with van der Waals surface area (Å²) in [7, 11) is 0. The van der Waals surface area contributed by atoms with Crippen LogP contribution in [0.15, 0.2) is 191 Å². The maximum absolute atomic E-state index is 6.29. The predicted octanol–water partition coefficient (Wildman–Crippen LogP) is 13.3. The number of thioether (sulfide) groups is 2. The molecule has 272 valence electrons. The molecule has 0 radical (unpaired) electrons. The normalized spacial score (nSPS) is 16.1. The van der Waals surface area contributed by atoms with Crippen LogP contribution in [-0.4, -0.2) is 0 Å². The van der Waals surface area contributed by atoms with Gasteiger partial charge >= 0.3 is 0 Å². The number of allylic oxidation sites excluding steroid dienone is 4. The number of hydrogen-bond donors (Lipinski definition) is 2. The summed E-state index contributed by atoms with van der Waals surface area (Å²) >= 11 is 3.55. The molecule has 5 heteroatoms. The van der Waals surface area contributed by atoms with Crippen molar-refractivity contribution in [2.75, 3.05) is 16.4 Å². The van der Waals surface area contributed by atoms with Crippen molar-refractivity contribution in [3.63, 3.8) is 0 Å². The Morgan fingerprint density at radius 1 is 0.518 bits per heavy atom. The molecule has 0 saturated heterocycles. The van der Waals surface area contributed by atoms with Gasteiger partial charge in [0, 0.05) is 49.6 Å². The minimum Gasteiger partial charge on any atom is -0.398 e. The Bertz CT molecular complexity index is 2580. The quantitative estimate of drug-likeness (QED) is 0.113. The summed E-state index contributed by atoms with van der Waals surface area (Å²) < 4.78 is 0. The first kappa shape index (κ1) is 34.6. The number of nitrogens with two attached hydrogens (primary N) is 2. The molecule has 1 atom stereocenters. The number of anilines is 5. The zero-order valence-corrected chi connectivity index (χ0v) is 32.6. The molecule has 4 N–H and O–H groups in total. The molecule has 7 aromatic rings. The monoisotopic (exact) mass is 759 g/mol. The van der Waals surface area contributed by atoms with Crippen molar-refractivity contribution in [1.29, 1.82) is 0 Å². The number of fused-ring (bicyclic) bond motifs is 9. The van der Waals surface area contributed by atoms with Crippen LogP contribution in [0, 0.1) is 0 Å². The summed E-state index contributed by atoms with van der Waals surface area (Å²) in [5.41, 5.74) is 30.8. The molecular weight excluding hydrogens is 719 g/mol. The van der Waals surface area contributed by atoms with Crippen LogP contribution < -0.4 is 16.4 Å². The third kappa shape index (κ3) is 5.68. The lowest BCUT2D eigenvalue weighted by Gasteiger charge is -2.33. The SMILES string of the molecule is Nc1ccccc1SCc1ccc(N(c2ccc(CSc3ccccc3N)cc2)c2cccc3c2-c2ccccc2C32C3=C(CCC=C3)c3ccccc32)cc1. The Morgan fingerprint density at radius 2 is 1.04 bits per heavy atom. The first-order valence-electron chi connectivity index (χ1n) is 19.3. The van der Waals surface area contributed by atoms with Crippen molar-refractivity contribution in [3.05, 3.63) is 215 Å². The summed E-state index contributed by atoms with van der Waals surface area (Å²) in [6.07, 6.45) is 6.94. The van der Waals surface area contributed by atoms with E-state index in [1.165, 1.54) is 61.3 Å². The van der Waals surface area contributed by atoms with E-state index in [2.05, 4.69) is 144 Å². The van der Waals surface area contributed by atoms with Crippen molar-refractivity contribution < 1.29 is 0 Å². The fraction of sp³-hybridized carbons (Fsp3) is 0.0980. The molecule has 0 aromatic heterocycles. The predicted molar refractivity (Wildman–Crippen MR) is 239 cm³/mol. The minimum absolute atomic E-state index is 0.364. The van der Waals surface area contributed by atoms with Gasteiger partial charge in [-0.25, -0.2) is 0 Å². The molecular formula is C51H41N3S2. The molecule has 3 nitrogen and oxygen atoms in total. The third-order valence-electron chi connectivity index (χ3n) is 11.5. The zero-order valence-electron chi connectivity index (χ0n) is 31.0. The van der Waals surface area contributed by atoms with E-state index < -0.39 is 0 Å². The van der Waals surface area contributed by atoms with E-state index in [1.807, 2.05) is 36.4 Å². The molecule has 56 heavy (non-hydrogen) atoms. The van der Waals surface area contributed by atoms with Crippen molar-refractivity contribution >= 4 is 57.5 Å². The second-order valence-corrected chi connectivity index (χ2v) is 16.7. The highest BCUT2D eigenvalue weighted by atomic mass is 32.2. The van der Waals surface area contributed by atoms with E-state index in [0.29, 0.717) is 0 Å². The van der Waals surface area contributed by atoms with Crippen molar-refractivity contribution in [2.24, 2.45) is 0 Å². The topological polar surface area (TPSA) is 55.3 Å². The molecule has 0 amide bonds. The third-order valence-corrected chi connectivity index (χ3v) is 13.9. The largest absolute Gasteiger partial charge is 0.398 e. The number of hydrogen-bond acceptors (Lipinski definition) is 5. The lowest BCUT2D eigenvalue weighted by Crippen LogP contribution is -2.27. The average Bonchev–Trinajstić information content (AvgIpc) is 3.72. The molecule has 3 aliphatic carbocycles. The fourth-order valence-electron chi connectivity index (χ4n) is 9.05. The lowest BCUT2D eigenvalue weighted by atomic mass is 9.69. The van der Waals surface area contributed by atoms with Crippen molar-refractivity contribution in [2.45, 2.75) is 39.6 Å². The van der Waals surface area contributed by atoms with E-state index in [9.17, 15) is 0 Å². The van der Waals surface area contributed by atoms with Crippen LogP contribution in [-0.2, 0) is 16.9 Å². The highest BCUT2D eigenvalue weighted by Gasteiger charge is 2.53. The minimum atomic E-state index is -0.364. The van der Waals surface area contributed by atoms with Gasteiger partial charge in [0.25, 0.3) is 0 Å². The van der Waals surface area contributed by atoms with Gasteiger partial charge in [0.2, 0.25) is 0 Å². The Hall–Kier alpha value is -5.88. The van der Waals surface area contributed by atoms with Crippen LogP contribution in [0.4, 0.5) is 28.4 Å². The first-order chi connectivity index (χ1) is 27.6. The van der Waals surface area contributed by atoms with E-state index >= 15 is 0 Å². The highest BCUT2D eigenvalue weighted by Crippen LogP contribution is 2.65. The standard InChI is InChI=1S/C51H41N3S2/c52-45-19-7-9-22-48(45)55-32-34-24-28-36(29-25-34)54(37-30-26-35(27-31-37)33-56-49-23-10-8-20-46(49)53)47-21-11-18-44-50(47)40-14-3-6-17-43(40)51(44)41-15-4-1-12-38(41)39-13-2-5-16-42(39)51/h1,3-12,14-31H,2,13,32-33,52-53H2. The smallest absolute Gasteiger partial charge is 0.0722 e. The van der Waals surface area contributed by atoms with Crippen molar-refractivity contribution in [3.8, 4) is 11.1 Å². The van der Waals surface area contributed by atoms with Crippen LogP contribution in [0.3, 0.4) is 0 Å². The summed E-state index contributed by atoms with van der Waals surface area (Å²) in [6, 6.07) is 59.6. The number of nitrogens with zero attached hydrogens (tertiary/aromatic N) is 1. The molecule has 0 saturated carbocycles. The number of para-hydroxylation sites is 2. The Balaban J connectivity index is 1.10. The van der Waals surface area contributed by atoms with Crippen LogP contribution in [0.1, 0.15) is 46.2 Å².